The Morgan fingerprint density at radius 3 is 2.15 bits per heavy atom. The molecule has 2 fully saturated rings. The second-order valence-corrected chi connectivity index (χ2v) is 9.65. The van der Waals surface area contributed by atoms with E-state index in [0.717, 1.165) is 31.6 Å². The van der Waals surface area contributed by atoms with Crippen molar-refractivity contribution < 1.29 is 22.0 Å². The number of piperidine rings is 2. The van der Waals surface area contributed by atoms with Crippen LogP contribution >= 0.6 is 0 Å². The lowest BCUT2D eigenvalue weighted by Gasteiger charge is -2.36. The van der Waals surface area contributed by atoms with Gasteiger partial charge in [-0.2, -0.15) is 0 Å². The first kappa shape index (κ1) is 20.0. The highest BCUT2D eigenvalue weighted by Gasteiger charge is 2.36. The largest absolute Gasteiger partial charge is 0.372 e. The summed E-state index contributed by atoms with van der Waals surface area (Å²) in [6.45, 7) is 1.90. The minimum Gasteiger partial charge on any atom is -0.372 e. The molecule has 3 rings (SSSR count). The van der Waals surface area contributed by atoms with Crippen molar-refractivity contribution in [3.05, 3.63) is 24.3 Å². The number of rotatable bonds is 4. The zero-order valence-electron chi connectivity index (χ0n) is 15.5. The Morgan fingerprint density at radius 2 is 1.63 bits per heavy atom. The zero-order chi connectivity index (χ0) is 19.7. The van der Waals surface area contributed by atoms with Crippen LogP contribution in [-0.2, 0) is 14.6 Å². The summed E-state index contributed by atoms with van der Waals surface area (Å²) in [6, 6.07) is 6.87. The molecule has 27 heavy (non-hydrogen) atoms. The van der Waals surface area contributed by atoms with Crippen molar-refractivity contribution in [2.75, 3.05) is 37.3 Å². The molecule has 0 atom stereocenters. The number of anilines is 1. The van der Waals surface area contributed by atoms with Crippen LogP contribution in [0.2, 0.25) is 0 Å². The first-order valence-corrected chi connectivity index (χ1v) is 11.2. The normalized spacial score (nSPS) is 21.3. The average Bonchev–Trinajstić information content (AvgIpc) is 2.61. The first-order valence-electron chi connectivity index (χ1n) is 9.35. The van der Waals surface area contributed by atoms with Crippen molar-refractivity contribution in [3.63, 3.8) is 0 Å². The second-order valence-electron chi connectivity index (χ2n) is 7.64. The van der Waals surface area contributed by atoms with Gasteiger partial charge in [0.2, 0.25) is 5.91 Å². The summed E-state index contributed by atoms with van der Waals surface area (Å²) in [5, 5.41) is 0. The molecule has 0 aliphatic carbocycles. The maximum Gasteiger partial charge on any atom is 0.251 e. The van der Waals surface area contributed by atoms with Gasteiger partial charge in [0.05, 0.1) is 4.90 Å². The number of sulfone groups is 1. The summed E-state index contributed by atoms with van der Waals surface area (Å²) >= 11 is 0. The molecule has 0 unspecified atom stereocenters. The Balaban J connectivity index is 1.48. The van der Waals surface area contributed by atoms with Crippen molar-refractivity contribution >= 4 is 21.4 Å². The number of carbonyl (C=O) groups excluding carboxylic acids is 1. The van der Waals surface area contributed by atoms with Crippen LogP contribution in [0.4, 0.5) is 14.5 Å². The number of hydrogen-bond donors (Lipinski definition) is 0. The van der Waals surface area contributed by atoms with Gasteiger partial charge in [-0.1, -0.05) is 0 Å². The van der Waals surface area contributed by atoms with Gasteiger partial charge in [-0.15, -0.1) is 0 Å². The third-order valence-electron chi connectivity index (χ3n) is 5.56. The Bertz CT molecular complexity index is 763. The number of carbonyl (C=O) groups is 1. The molecule has 2 heterocycles. The molecule has 1 aromatic rings. The van der Waals surface area contributed by atoms with Gasteiger partial charge in [-0.05, 0) is 43.0 Å². The SMILES string of the molecule is CS(=O)(=O)c1ccc(N2CCC(CC(=O)N3CCC(F)(F)CC3)CC2)cc1. The Morgan fingerprint density at radius 1 is 1.07 bits per heavy atom. The van der Waals surface area contributed by atoms with Crippen LogP contribution in [0.25, 0.3) is 0 Å². The van der Waals surface area contributed by atoms with Crippen LogP contribution in [0.3, 0.4) is 0 Å². The lowest BCUT2D eigenvalue weighted by Crippen LogP contribution is -2.44. The van der Waals surface area contributed by atoms with Gasteiger partial charge in [-0.25, -0.2) is 17.2 Å². The molecule has 1 amide bonds. The highest BCUT2D eigenvalue weighted by molar-refractivity contribution is 7.90. The number of alkyl halides is 2. The van der Waals surface area contributed by atoms with Crippen LogP contribution < -0.4 is 4.90 Å². The van der Waals surface area contributed by atoms with E-state index >= 15 is 0 Å². The number of hydrogen-bond acceptors (Lipinski definition) is 4. The van der Waals surface area contributed by atoms with Crippen LogP contribution in [0.15, 0.2) is 29.2 Å². The number of amides is 1. The molecule has 2 aliphatic heterocycles. The number of nitrogens with zero attached hydrogens (tertiary/aromatic N) is 2. The summed E-state index contributed by atoms with van der Waals surface area (Å²) in [5.41, 5.74) is 0.977. The Kier molecular flexibility index (Phi) is 5.74. The lowest BCUT2D eigenvalue weighted by molar-refractivity contribution is -0.138. The van der Waals surface area contributed by atoms with Crippen LogP contribution in [-0.4, -0.2) is 57.6 Å². The Labute approximate surface area is 159 Å². The van der Waals surface area contributed by atoms with Gasteiger partial charge < -0.3 is 9.80 Å². The summed E-state index contributed by atoms with van der Waals surface area (Å²) in [4.78, 5) is 16.4. The van der Waals surface area contributed by atoms with E-state index in [1.807, 2.05) is 12.1 Å². The van der Waals surface area contributed by atoms with E-state index in [2.05, 4.69) is 4.90 Å². The summed E-state index contributed by atoms with van der Waals surface area (Å²) in [7, 11) is -3.20. The fourth-order valence-electron chi connectivity index (χ4n) is 3.76. The average molecular weight is 400 g/mol. The molecular formula is C19H26F2N2O3S. The molecule has 0 aromatic heterocycles. The monoisotopic (exact) mass is 400 g/mol. The van der Waals surface area contributed by atoms with Crippen molar-refractivity contribution in [2.24, 2.45) is 5.92 Å². The summed E-state index contributed by atoms with van der Waals surface area (Å²) in [5.74, 6) is -2.37. The van der Waals surface area contributed by atoms with Gasteiger partial charge in [0, 0.05) is 57.4 Å². The molecule has 1 aromatic carbocycles. The Hall–Kier alpha value is -1.70. The van der Waals surface area contributed by atoms with E-state index in [0.29, 0.717) is 11.3 Å². The van der Waals surface area contributed by atoms with Crippen LogP contribution in [0.5, 0.6) is 0 Å². The summed E-state index contributed by atoms with van der Waals surface area (Å²) < 4.78 is 49.5. The number of likely N-dealkylation sites (tertiary alicyclic amines) is 1. The number of benzene rings is 1. The fourth-order valence-corrected chi connectivity index (χ4v) is 4.39. The maximum atomic E-state index is 13.2. The van der Waals surface area contributed by atoms with E-state index in [9.17, 15) is 22.0 Å². The zero-order valence-corrected chi connectivity index (χ0v) is 16.4. The molecular weight excluding hydrogens is 374 g/mol. The molecule has 5 nitrogen and oxygen atoms in total. The molecule has 8 heteroatoms. The maximum absolute atomic E-state index is 13.2. The minimum absolute atomic E-state index is 0.0125. The lowest BCUT2D eigenvalue weighted by atomic mass is 9.92. The second kappa shape index (κ2) is 7.73. The quantitative estimate of drug-likeness (QED) is 0.780. The van der Waals surface area contributed by atoms with Crippen molar-refractivity contribution in [2.45, 2.75) is 42.9 Å². The predicted octanol–water partition coefficient (Wildman–Crippen LogP) is 2.95. The van der Waals surface area contributed by atoms with Crippen LogP contribution in [0.1, 0.15) is 32.1 Å². The van der Waals surface area contributed by atoms with Gasteiger partial charge in [0.15, 0.2) is 9.84 Å². The van der Waals surface area contributed by atoms with Gasteiger partial charge in [0.25, 0.3) is 5.92 Å². The predicted molar refractivity (Wildman–Crippen MR) is 99.9 cm³/mol. The van der Waals surface area contributed by atoms with E-state index < -0.39 is 15.8 Å². The van der Waals surface area contributed by atoms with Crippen molar-refractivity contribution in [3.8, 4) is 0 Å². The highest BCUT2D eigenvalue weighted by Crippen LogP contribution is 2.30. The molecule has 0 radical (unpaired) electrons. The van der Waals surface area contributed by atoms with Gasteiger partial charge in [-0.3, -0.25) is 4.79 Å². The molecule has 0 bridgehead atoms. The summed E-state index contributed by atoms with van der Waals surface area (Å²) in [6.07, 6.45) is 2.87. The van der Waals surface area contributed by atoms with Gasteiger partial charge >= 0.3 is 0 Å². The van der Waals surface area contributed by atoms with E-state index in [4.69, 9.17) is 0 Å². The third-order valence-corrected chi connectivity index (χ3v) is 6.68. The number of halogens is 2. The van der Waals surface area contributed by atoms with Crippen molar-refractivity contribution in [1.82, 2.24) is 4.90 Å². The standard InChI is InChI=1S/C19H26F2N2O3S/c1-27(25,26)17-4-2-16(3-5-17)22-10-6-15(7-11-22)14-18(24)23-12-8-19(20,21)9-13-23/h2-5,15H,6-14H2,1H3. The van der Waals surface area contributed by atoms with Crippen LogP contribution in [0, 0.1) is 5.92 Å². The van der Waals surface area contributed by atoms with E-state index in [1.54, 1.807) is 17.0 Å². The topological polar surface area (TPSA) is 57.7 Å². The fraction of sp³-hybridized carbons (Fsp3) is 0.632. The molecule has 150 valence electrons. The first-order chi connectivity index (χ1) is 12.6. The third kappa shape index (κ3) is 5.18. The molecule has 0 N–H and O–H groups in total. The smallest absolute Gasteiger partial charge is 0.251 e. The van der Waals surface area contributed by atoms with E-state index in [1.165, 1.54) is 6.26 Å². The minimum atomic E-state index is -3.20. The molecule has 2 aliphatic rings. The van der Waals surface area contributed by atoms with E-state index in [-0.39, 0.29) is 37.8 Å². The van der Waals surface area contributed by atoms with Gasteiger partial charge in [0.1, 0.15) is 0 Å². The molecule has 0 spiro atoms. The molecule has 0 saturated carbocycles. The van der Waals surface area contributed by atoms with Crippen molar-refractivity contribution in [1.29, 1.82) is 0 Å². The highest BCUT2D eigenvalue weighted by atomic mass is 32.2. The molecule has 2 saturated heterocycles.